The summed E-state index contributed by atoms with van der Waals surface area (Å²) in [5, 5.41) is 15.0. The van der Waals surface area contributed by atoms with Gasteiger partial charge in [-0.3, -0.25) is 0 Å². The Kier molecular flexibility index (Phi) is 5.57. The fraction of sp³-hybridized carbons (Fsp3) is 0.467. The highest BCUT2D eigenvalue weighted by Crippen LogP contribution is 2.06. The largest absolute Gasteiger partial charge is 0.480 e. The molecule has 1 heterocycles. The number of carbonyl (C=O) groups is 2. The lowest BCUT2D eigenvalue weighted by molar-refractivity contribution is -0.139. The highest BCUT2D eigenvalue weighted by atomic mass is 16.4. The van der Waals surface area contributed by atoms with Gasteiger partial charge < -0.3 is 20.6 Å². The van der Waals surface area contributed by atoms with Crippen LogP contribution in [0.15, 0.2) is 30.3 Å². The van der Waals surface area contributed by atoms with Crippen molar-refractivity contribution in [3.8, 4) is 0 Å². The third kappa shape index (κ3) is 4.75. The van der Waals surface area contributed by atoms with Crippen LogP contribution in [0.3, 0.4) is 0 Å². The lowest BCUT2D eigenvalue weighted by atomic mass is 10.1. The summed E-state index contributed by atoms with van der Waals surface area (Å²) in [4.78, 5) is 25.0. The third-order valence-corrected chi connectivity index (χ3v) is 3.56. The molecule has 6 nitrogen and oxygen atoms in total. The molecule has 3 N–H and O–H groups in total. The Bertz CT molecular complexity index is 472. The molecule has 1 aliphatic rings. The van der Waals surface area contributed by atoms with E-state index in [2.05, 4.69) is 10.6 Å². The predicted molar refractivity (Wildman–Crippen MR) is 79.2 cm³/mol. The molecule has 2 amide bonds. The summed E-state index contributed by atoms with van der Waals surface area (Å²) in [6.45, 7) is 2.71. The summed E-state index contributed by atoms with van der Waals surface area (Å²) in [7, 11) is 0. The molecule has 2 rings (SSSR count). The fourth-order valence-corrected chi connectivity index (χ4v) is 2.32. The van der Waals surface area contributed by atoms with Crippen LogP contribution in [-0.2, 0) is 11.2 Å². The number of nitrogens with one attached hydrogen (secondary N) is 2. The van der Waals surface area contributed by atoms with E-state index in [1.165, 1.54) is 0 Å². The summed E-state index contributed by atoms with van der Waals surface area (Å²) < 4.78 is 0. The van der Waals surface area contributed by atoms with E-state index in [0.717, 1.165) is 18.7 Å². The Morgan fingerprint density at radius 2 is 1.90 bits per heavy atom. The van der Waals surface area contributed by atoms with Crippen LogP contribution in [0.2, 0.25) is 0 Å². The van der Waals surface area contributed by atoms with Gasteiger partial charge in [0, 0.05) is 26.2 Å². The minimum Gasteiger partial charge on any atom is -0.480 e. The van der Waals surface area contributed by atoms with Crippen molar-refractivity contribution >= 4 is 12.0 Å². The molecule has 0 aromatic heterocycles. The first-order valence-electron chi connectivity index (χ1n) is 7.19. The van der Waals surface area contributed by atoms with Crippen molar-refractivity contribution in [3.63, 3.8) is 0 Å². The van der Waals surface area contributed by atoms with E-state index in [0.29, 0.717) is 25.9 Å². The maximum absolute atomic E-state index is 12.0. The number of piperazine rings is 1. The van der Waals surface area contributed by atoms with Crippen molar-refractivity contribution in [2.24, 2.45) is 0 Å². The number of aryl methyl sites for hydroxylation is 1. The van der Waals surface area contributed by atoms with Crippen LogP contribution in [0.4, 0.5) is 4.79 Å². The average Bonchev–Trinajstić information content (AvgIpc) is 2.52. The van der Waals surface area contributed by atoms with E-state index >= 15 is 0 Å². The number of hydrogen-bond donors (Lipinski definition) is 3. The highest BCUT2D eigenvalue weighted by molar-refractivity contribution is 5.82. The minimum atomic E-state index is -0.991. The first kappa shape index (κ1) is 15.3. The maximum atomic E-state index is 12.0. The zero-order valence-corrected chi connectivity index (χ0v) is 11.9. The monoisotopic (exact) mass is 291 g/mol. The van der Waals surface area contributed by atoms with Crippen LogP contribution in [-0.4, -0.2) is 54.2 Å². The topological polar surface area (TPSA) is 81.7 Å². The van der Waals surface area contributed by atoms with Crippen LogP contribution in [0.1, 0.15) is 12.0 Å². The molecule has 1 saturated heterocycles. The van der Waals surface area contributed by atoms with E-state index in [1.807, 2.05) is 30.3 Å². The van der Waals surface area contributed by atoms with Crippen LogP contribution < -0.4 is 10.6 Å². The molecule has 0 unspecified atom stereocenters. The third-order valence-electron chi connectivity index (χ3n) is 3.56. The normalized spacial score (nSPS) is 16.3. The van der Waals surface area contributed by atoms with Gasteiger partial charge in [0.2, 0.25) is 0 Å². The van der Waals surface area contributed by atoms with E-state index in [4.69, 9.17) is 0 Å². The zero-order valence-electron chi connectivity index (χ0n) is 11.9. The summed E-state index contributed by atoms with van der Waals surface area (Å²) in [6.07, 6.45) is 1.01. The molecule has 21 heavy (non-hydrogen) atoms. The molecule has 1 aliphatic heterocycles. The van der Waals surface area contributed by atoms with E-state index in [-0.39, 0.29) is 6.03 Å². The number of hydrogen-bond acceptors (Lipinski definition) is 3. The van der Waals surface area contributed by atoms with Crippen molar-refractivity contribution in [1.82, 2.24) is 15.5 Å². The lowest BCUT2D eigenvalue weighted by Gasteiger charge is -2.28. The SMILES string of the molecule is O=C(O)[C@H](CCc1ccccc1)NC(=O)N1CCNCC1. The molecule has 0 aliphatic carbocycles. The van der Waals surface area contributed by atoms with Gasteiger partial charge in [-0.2, -0.15) is 0 Å². The van der Waals surface area contributed by atoms with Gasteiger partial charge in [0.1, 0.15) is 6.04 Å². The Morgan fingerprint density at radius 3 is 2.52 bits per heavy atom. The number of carboxylic acid groups (broad SMARTS) is 1. The van der Waals surface area contributed by atoms with Crippen LogP contribution in [0, 0.1) is 0 Å². The standard InChI is InChI=1S/C15H21N3O3/c19-14(20)13(7-6-12-4-2-1-3-5-12)17-15(21)18-10-8-16-9-11-18/h1-5,13,16H,6-11H2,(H,17,21)(H,19,20)/t13-/m0/s1. The van der Waals surface area contributed by atoms with Crippen LogP contribution in [0.25, 0.3) is 0 Å². The molecule has 0 radical (unpaired) electrons. The number of amides is 2. The van der Waals surface area contributed by atoms with Crippen molar-refractivity contribution < 1.29 is 14.7 Å². The minimum absolute atomic E-state index is 0.294. The molecule has 6 heteroatoms. The van der Waals surface area contributed by atoms with Gasteiger partial charge in [0.25, 0.3) is 0 Å². The van der Waals surface area contributed by atoms with Crippen molar-refractivity contribution in [2.45, 2.75) is 18.9 Å². The molecule has 0 spiro atoms. The molecule has 114 valence electrons. The van der Waals surface area contributed by atoms with Crippen molar-refractivity contribution in [2.75, 3.05) is 26.2 Å². The molecule has 1 fully saturated rings. The first-order valence-corrected chi connectivity index (χ1v) is 7.19. The summed E-state index contributed by atoms with van der Waals surface area (Å²) >= 11 is 0. The van der Waals surface area contributed by atoms with Gasteiger partial charge in [-0.15, -0.1) is 0 Å². The number of carboxylic acids is 1. The molecular formula is C15H21N3O3. The Hall–Kier alpha value is -2.08. The van der Waals surface area contributed by atoms with Gasteiger partial charge in [-0.1, -0.05) is 30.3 Å². The summed E-state index contributed by atoms with van der Waals surface area (Å²) in [6, 6.07) is 8.53. The van der Waals surface area contributed by atoms with Crippen molar-refractivity contribution in [1.29, 1.82) is 0 Å². The lowest BCUT2D eigenvalue weighted by Crippen LogP contribution is -2.53. The number of aliphatic carboxylic acids is 1. The van der Waals surface area contributed by atoms with Gasteiger partial charge in [0.15, 0.2) is 0 Å². The number of nitrogens with zero attached hydrogens (tertiary/aromatic N) is 1. The molecule has 1 atom stereocenters. The number of rotatable bonds is 5. The number of urea groups is 1. The predicted octanol–water partition coefficient (Wildman–Crippen LogP) is 0.687. The zero-order chi connectivity index (χ0) is 15.1. The molecular weight excluding hydrogens is 270 g/mol. The quantitative estimate of drug-likeness (QED) is 0.745. The van der Waals surface area contributed by atoms with E-state index in [9.17, 15) is 14.7 Å². The fourth-order valence-electron chi connectivity index (χ4n) is 2.32. The molecule has 1 aromatic carbocycles. The van der Waals surface area contributed by atoms with Gasteiger partial charge >= 0.3 is 12.0 Å². The Balaban J connectivity index is 1.86. The smallest absolute Gasteiger partial charge is 0.326 e. The average molecular weight is 291 g/mol. The second-order valence-corrected chi connectivity index (χ2v) is 5.10. The van der Waals surface area contributed by atoms with Crippen molar-refractivity contribution in [3.05, 3.63) is 35.9 Å². The molecule has 0 saturated carbocycles. The van der Waals surface area contributed by atoms with Crippen LogP contribution >= 0.6 is 0 Å². The van der Waals surface area contributed by atoms with Gasteiger partial charge in [0.05, 0.1) is 0 Å². The maximum Gasteiger partial charge on any atom is 0.326 e. The summed E-state index contributed by atoms with van der Waals surface area (Å²) in [5.41, 5.74) is 1.07. The first-order chi connectivity index (χ1) is 10.2. The number of benzene rings is 1. The highest BCUT2D eigenvalue weighted by Gasteiger charge is 2.23. The Morgan fingerprint density at radius 1 is 1.24 bits per heavy atom. The second kappa shape index (κ2) is 7.64. The van der Waals surface area contributed by atoms with Crippen LogP contribution in [0.5, 0.6) is 0 Å². The summed E-state index contributed by atoms with van der Waals surface area (Å²) in [5.74, 6) is -0.991. The second-order valence-electron chi connectivity index (χ2n) is 5.10. The van der Waals surface area contributed by atoms with E-state index in [1.54, 1.807) is 4.90 Å². The molecule has 0 bridgehead atoms. The van der Waals surface area contributed by atoms with Gasteiger partial charge in [-0.05, 0) is 18.4 Å². The molecule has 1 aromatic rings. The Labute approximate surface area is 124 Å². The van der Waals surface area contributed by atoms with Gasteiger partial charge in [-0.25, -0.2) is 9.59 Å². The number of carbonyl (C=O) groups excluding carboxylic acids is 1. The van der Waals surface area contributed by atoms with E-state index < -0.39 is 12.0 Å².